The number of rotatable bonds is 2. The van der Waals surface area contributed by atoms with E-state index in [9.17, 15) is 8.78 Å². The van der Waals surface area contributed by atoms with Gasteiger partial charge in [-0.05, 0) is 47.9 Å². The molecule has 0 aliphatic heterocycles. The van der Waals surface area contributed by atoms with Crippen molar-refractivity contribution in [2.75, 3.05) is 0 Å². The Hall–Kier alpha value is -1.12. The maximum atomic E-state index is 13.3. The van der Waals surface area contributed by atoms with E-state index in [1.807, 2.05) is 0 Å². The molecule has 2 aromatic rings. The Kier molecular flexibility index (Phi) is 3.88. The Morgan fingerprint density at radius 1 is 1.06 bits per heavy atom. The summed E-state index contributed by atoms with van der Waals surface area (Å²) < 4.78 is 26.1. The number of benzene rings is 2. The van der Waals surface area contributed by atoms with Crippen LogP contribution in [0.3, 0.4) is 0 Å². The van der Waals surface area contributed by atoms with Gasteiger partial charge in [0.05, 0.1) is 5.38 Å². The molecule has 1 unspecified atom stereocenters. The van der Waals surface area contributed by atoms with Gasteiger partial charge in [0.25, 0.3) is 0 Å². The van der Waals surface area contributed by atoms with Gasteiger partial charge in [0, 0.05) is 5.02 Å². The maximum Gasteiger partial charge on any atom is 0.127 e. The molecule has 18 heavy (non-hydrogen) atoms. The number of hydrogen-bond donors (Lipinski definition) is 0. The van der Waals surface area contributed by atoms with Crippen molar-refractivity contribution in [3.8, 4) is 0 Å². The Morgan fingerprint density at radius 3 is 2.28 bits per heavy atom. The van der Waals surface area contributed by atoms with Gasteiger partial charge in [-0.1, -0.05) is 23.7 Å². The van der Waals surface area contributed by atoms with Gasteiger partial charge in [0.1, 0.15) is 11.6 Å². The Labute approximate surface area is 114 Å². The lowest BCUT2D eigenvalue weighted by molar-refractivity contribution is 0.617. The van der Waals surface area contributed by atoms with Gasteiger partial charge in [-0.3, -0.25) is 0 Å². The SMILES string of the molecule is Cc1cc(C(Cl)c2ccc(F)cc2)c(Cl)cc1F. The summed E-state index contributed by atoms with van der Waals surface area (Å²) in [6.07, 6.45) is 0. The summed E-state index contributed by atoms with van der Waals surface area (Å²) in [6.45, 7) is 1.64. The summed E-state index contributed by atoms with van der Waals surface area (Å²) in [6, 6.07) is 8.68. The van der Waals surface area contributed by atoms with E-state index in [0.717, 1.165) is 0 Å². The number of hydrogen-bond acceptors (Lipinski definition) is 0. The van der Waals surface area contributed by atoms with E-state index < -0.39 is 5.38 Å². The summed E-state index contributed by atoms with van der Waals surface area (Å²) in [5.41, 5.74) is 1.80. The van der Waals surface area contributed by atoms with Crippen LogP contribution >= 0.6 is 23.2 Å². The van der Waals surface area contributed by atoms with E-state index in [1.54, 1.807) is 25.1 Å². The zero-order chi connectivity index (χ0) is 13.3. The molecule has 0 aliphatic rings. The Morgan fingerprint density at radius 2 is 1.67 bits per heavy atom. The molecule has 0 amide bonds. The van der Waals surface area contributed by atoms with Crippen LogP contribution in [0, 0.1) is 18.6 Å². The monoisotopic (exact) mass is 286 g/mol. The van der Waals surface area contributed by atoms with Crippen LogP contribution in [0.1, 0.15) is 22.1 Å². The molecule has 0 bridgehead atoms. The normalized spacial score (nSPS) is 12.5. The summed E-state index contributed by atoms with van der Waals surface area (Å²) in [4.78, 5) is 0. The smallest absolute Gasteiger partial charge is 0.127 e. The highest BCUT2D eigenvalue weighted by molar-refractivity contribution is 6.33. The molecule has 94 valence electrons. The van der Waals surface area contributed by atoms with Gasteiger partial charge in [0.15, 0.2) is 0 Å². The lowest BCUT2D eigenvalue weighted by Gasteiger charge is -2.13. The molecule has 0 nitrogen and oxygen atoms in total. The van der Waals surface area contributed by atoms with Crippen LogP contribution in [0.15, 0.2) is 36.4 Å². The van der Waals surface area contributed by atoms with Crippen molar-refractivity contribution in [2.45, 2.75) is 12.3 Å². The van der Waals surface area contributed by atoms with Crippen molar-refractivity contribution < 1.29 is 8.78 Å². The third-order valence-corrected chi connectivity index (χ3v) is 3.53. The van der Waals surface area contributed by atoms with E-state index in [4.69, 9.17) is 23.2 Å². The highest BCUT2D eigenvalue weighted by atomic mass is 35.5. The predicted octanol–water partition coefficient (Wildman–Crippen LogP) is 5.25. The van der Waals surface area contributed by atoms with Crippen molar-refractivity contribution >= 4 is 23.2 Å². The van der Waals surface area contributed by atoms with Crippen LogP contribution in [-0.2, 0) is 0 Å². The molecule has 1 atom stereocenters. The largest absolute Gasteiger partial charge is 0.207 e. The van der Waals surface area contributed by atoms with E-state index in [0.29, 0.717) is 16.7 Å². The van der Waals surface area contributed by atoms with Gasteiger partial charge in [-0.25, -0.2) is 8.78 Å². The first kappa shape index (κ1) is 13.3. The summed E-state index contributed by atoms with van der Waals surface area (Å²) >= 11 is 12.3. The number of aryl methyl sites for hydroxylation is 1. The molecular weight excluding hydrogens is 277 g/mol. The molecule has 0 radical (unpaired) electrons. The molecule has 2 rings (SSSR count). The van der Waals surface area contributed by atoms with Crippen molar-refractivity contribution in [1.82, 2.24) is 0 Å². The topological polar surface area (TPSA) is 0 Å². The first-order valence-electron chi connectivity index (χ1n) is 5.34. The number of halogens is 4. The average molecular weight is 287 g/mol. The Bertz CT molecular complexity index is 565. The molecule has 0 N–H and O–H groups in total. The highest BCUT2D eigenvalue weighted by Gasteiger charge is 2.16. The second-order valence-corrected chi connectivity index (χ2v) is 4.88. The Balaban J connectivity index is 2.42. The van der Waals surface area contributed by atoms with Crippen molar-refractivity contribution in [1.29, 1.82) is 0 Å². The second-order valence-electron chi connectivity index (χ2n) is 4.04. The predicted molar refractivity (Wildman–Crippen MR) is 70.2 cm³/mol. The van der Waals surface area contributed by atoms with Crippen molar-refractivity contribution in [2.24, 2.45) is 0 Å². The quantitative estimate of drug-likeness (QED) is 0.661. The van der Waals surface area contributed by atoms with E-state index in [2.05, 4.69) is 0 Å². The molecule has 4 heteroatoms. The lowest BCUT2D eigenvalue weighted by atomic mass is 10.0. The van der Waals surface area contributed by atoms with Crippen molar-refractivity contribution in [3.05, 3.63) is 69.7 Å². The van der Waals surface area contributed by atoms with Crippen LogP contribution in [0.5, 0.6) is 0 Å². The van der Waals surface area contributed by atoms with Crippen molar-refractivity contribution in [3.63, 3.8) is 0 Å². The van der Waals surface area contributed by atoms with Crippen LogP contribution in [0.2, 0.25) is 5.02 Å². The van der Waals surface area contributed by atoms with E-state index in [1.165, 1.54) is 18.2 Å². The van der Waals surface area contributed by atoms with Gasteiger partial charge < -0.3 is 0 Å². The van der Waals surface area contributed by atoms with Crippen LogP contribution < -0.4 is 0 Å². The lowest BCUT2D eigenvalue weighted by Crippen LogP contribution is -1.97. The minimum Gasteiger partial charge on any atom is -0.207 e. The summed E-state index contributed by atoms with van der Waals surface area (Å²) in [5.74, 6) is -0.698. The van der Waals surface area contributed by atoms with Gasteiger partial charge >= 0.3 is 0 Å². The average Bonchev–Trinajstić information content (AvgIpc) is 2.34. The standard InChI is InChI=1S/C14H10Cl2F2/c1-8-6-11(12(15)7-13(8)18)14(16)9-2-4-10(17)5-3-9/h2-7,14H,1H3. The first-order chi connectivity index (χ1) is 8.49. The van der Waals surface area contributed by atoms with Crippen LogP contribution in [0.4, 0.5) is 8.78 Å². The van der Waals surface area contributed by atoms with Gasteiger partial charge in [0.2, 0.25) is 0 Å². The highest BCUT2D eigenvalue weighted by Crippen LogP contribution is 2.34. The molecule has 0 aromatic heterocycles. The molecule has 0 saturated carbocycles. The van der Waals surface area contributed by atoms with Gasteiger partial charge in [-0.15, -0.1) is 11.6 Å². The third-order valence-electron chi connectivity index (χ3n) is 2.71. The fraction of sp³-hybridized carbons (Fsp3) is 0.143. The zero-order valence-electron chi connectivity index (χ0n) is 9.55. The second kappa shape index (κ2) is 5.25. The minimum absolute atomic E-state index is 0.266. The van der Waals surface area contributed by atoms with Crippen LogP contribution in [-0.4, -0.2) is 0 Å². The maximum absolute atomic E-state index is 13.3. The zero-order valence-corrected chi connectivity index (χ0v) is 11.1. The summed E-state index contributed by atoms with van der Waals surface area (Å²) in [7, 11) is 0. The number of alkyl halides is 1. The fourth-order valence-corrected chi connectivity index (χ4v) is 2.33. The first-order valence-corrected chi connectivity index (χ1v) is 6.15. The fourth-order valence-electron chi connectivity index (χ4n) is 1.69. The van der Waals surface area contributed by atoms with E-state index in [-0.39, 0.29) is 16.7 Å². The summed E-state index contributed by atoms with van der Waals surface area (Å²) in [5, 5.41) is -0.264. The molecule has 0 fully saturated rings. The minimum atomic E-state index is -0.530. The molecular formula is C14H10Cl2F2. The van der Waals surface area contributed by atoms with Crippen LogP contribution in [0.25, 0.3) is 0 Å². The molecule has 0 aliphatic carbocycles. The van der Waals surface area contributed by atoms with E-state index >= 15 is 0 Å². The van der Waals surface area contributed by atoms with Gasteiger partial charge in [-0.2, -0.15) is 0 Å². The molecule has 0 spiro atoms. The third kappa shape index (κ3) is 2.65. The molecule has 2 aromatic carbocycles. The molecule has 0 heterocycles. The molecule has 0 saturated heterocycles.